The van der Waals surface area contributed by atoms with E-state index < -0.39 is 11.6 Å². The van der Waals surface area contributed by atoms with Crippen LogP contribution < -0.4 is 20.8 Å². The van der Waals surface area contributed by atoms with Gasteiger partial charge in [0.05, 0.1) is 24.9 Å². The summed E-state index contributed by atoms with van der Waals surface area (Å²) < 4.78 is 34.7. The van der Waals surface area contributed by atoms with E-state index in [0.29, 0.717) is 35.5 Å². The first kappa shape index (κ1) is 26.2. The molecule has 0 spiro atoms. The molecule has 0 aliphatic heterocycles. The summed E-state index contributed by atoms with van der Waals surface area (Å²) in [7, 11) is 7.50. The number of likely N-dealkylation sites (N-methyl/N-ethyl adjacent to an activating group) is 1. The fourth-order valence-corrected chi connectivity index (χ4v) is 3.63. The molecule has 2 aromatic rings. The first-order valence-corrected chi connectivity index (χ1v) is 10.8. The number of quaternary nitrogens is 1. The number of ether oxygens (including phenoxy) is 1. The lowest BCUT2D eigenvalue weighted by Crippen LogP contribution is -2.73. The van der Waals surface area contributed by atoms with Crippen LogP contribution >= 0.6 is 0 Å². The van der Waals surface area contributed by atoms with E-state index in [-0.39, 0.29) is 12.4 Å². The van der Waals surface area contributed by atoms with E-state index in [2.05, 4.69) is 4.99 Å². The first-order valence-electron chi connectivity index (χ1n) is 10.8. The number of benzene rings is 2. The van der Waals surface area contributed by atoms with Crippen molar-refractivity contribution in [2.24, 2.45) is 5.73 Å². The third kappa shape index (κ3) is 6.46. The van der Waals surface area contributed by atoms with Crippen LogP contribution in [0.4, 0.5) is 14.5 Å². The van der Waals surface area contributed by atoms with Gasteiger partial charge in [-0.3, -0.25) is 0 Å². The van der Waals surface area contributed by atoms with Crippen molar-refractivity contribution in [3.05, 3.63) is 58.8 Å². The molecular formula is C25H35F2N5O+2. The van der Waals surface area contributed by atoms with Crippen molar-refractivity contribution in [1.82, 2.24) is 4.90 Å². The Hall–Kier alpha value is -3.10. The molecule has 178 valence electrons. The molecule has 0 heterocycles. The van der Waals surface area contributed by atoms with E-state index in [0.717, 1.165) is 28.6 Å². The van der Waals surface area contributed by atoms with Crippen molar-refractivity contribution in [3.8, 4) is 16.9 Å². The second-order valence-corrected chi connectivity index (χ2v) is 8.18. The molecule has 0 bridgehead atoms. The number of hydrogen-bond acceptors (Lipinski definition) is 4. The minimum atomic E-state index is -1.03. The minimum Gasteiger partial charge on any atom is -0.489 e. The van der Waals surface area contributed by atoms with Crippen LogP contribution in [0.15, 0.2) is 41.6 Å². The van der Waals surface area contributed by atoms with Crippen LogP contribution in [-0.4, -0.2) is 57.7 Å². The molecule has 2 aromatic carbocycles. The Balaban J connectivity index is 2.45. The molecule has 0 unspecified atom stereocenters. The highest BCUT2D eigenvalue weighted by Gasteiger charge is 2.20. The molecule has 0 amide bonds. The number of nitrogens with zero attached hydrogens (tertiary/aromatic N) is 1. The second kappa shape index (κ2) is 11.7. The lowest BCUT2D eigenvalue weighted by Gasteiger charge is -2.16. The molecule has 6 nitrogen and oxygen atoms in total. The zero-order valence-electron chi connectivity index (χ0n) is 20.3. The molecule has 0 saturated heterocycles. The van der Waals surface area contributed by atoms with Gasteiger partial charge in [0.2, 0.25) is 5.82 Å². The summed E-state index contributed by atoms with van der Waals surface area (Å²) in [5, 5.41) is 10.4. The fourth-order valence-electron chi connectivity index (χ4n) is 3.63. The lowest BCUT2D eigenvalue weighted by molar-refractivity contribution is -0.539. The van der Waals surface area contributed by atoms with Crippen LogP contribution in [0.2, 0.25) is 0 Å². The fraction of sp³-hybridized carbons (Fsp3) is 0.360. The normalized spacial score (nSPS) is 12.7. The summed E-state index contributed by atoms with van der Waals surface area (Å²) in [5.74, 6) is -2.16. The summed E-state index contributed by atoms with van der Waals surface area (Å²) in [6, 6.07) is 8.14. The van der Waals surface area contributed by atoms with Crippen LogP contribution in [0.1, 0.15) is 25.8 Å². The molecule has 33 heavy (non-hydrogen) atoms. The number of nitrogens with one attached hydrogen (secondary N) is 2. The van der Waals surface area contributed by atoms with E-state index in [1.165, 1.54) is 6.07 Å². The van der Waals surface area contributed by atoms with Crippen LogP contribution in [-0.2, 0) is 0 Å². The zero-order chi connectivity index (χ0) is 24.7. The van der Waals surface area contributed by atoms with Crippen molar-refractivity contribution in [2.75, 3.05) is 41.3 Å². The first-order chi connectivity index (χ1) is 15.6. The van der Waals surface area contributed by atoms with Gasteiger partial charge in [0, 0.05) is 42.8 Å². The molecule has 6 N–H and O–H groups in total. The molecule has 0 atom stereocenters. The third-order valence-corrected chi connectivity index (χ3v) is 5.43. The maximum absolute atomic E-state index is 14.8. The standard InChI is InChI=1S/C25H33F2N5O/c1-15(28)18(16(2)30-3)11-12-33-25-19(8-9-21(26)24(25)27)17-7-10-23(31-4)20(13-17)22(29)14-32(5)6/h7-10,13,29,31H,11-12,14,28H2,1-6H3/p+2. The molecule has 0 saturated carbocycles. The van der Waals surface area contributed by atoms with Crippen LogP contribution in [0, 0.1) is 17.0 Å². The largest absolute Gasteiger partial charge is 0.489 e. The van der Waals surface area contributed by atoms with E-state index >= 15 is 0 Å². The number of halogens is 2. The highest BCUT2D eigenvalue weighted by molar-refractivity contribution is 6.04. The summed E-state index contributed by atoms with van der Waals surface area (Å²) in [5.41, 5.74) is 11.5. The molecule has 0 aliphatic carbocycles. The highest BCUT2D eigenvalue weighted by atomic mass is 19.2. The molecule has 8 heteroatoms. The van der Waals surface area contributed by atoms with E-state index in [9.17, 15) is 8.78 Å². The molecule has 0 fully saturated rings. The van der Waals surface area contributed by atoms with Crippen molar-refractivity contribution in [2.45, 2.75) is 20.3 Å². The van der Waals surface area contributed by atoms with Crippen LogP contribution in [0.5, 0.6) is 5.75 Å². The topological polar surface area (TPSA) is 92.9 Å². The van der Waals surface area contributed by atoms with Gasteiger partial charge >= 0.3 is 0 Å². The van der Waals surface area contributed by atoms with Gasteiger partial charge in [-0.25, -0.2) is 9.38 Å². The SMILES string of the molecule is C[NH+]=C(C)C(CCOc1c(-c2ccc([NH2+]C)c(C(=N)CN(C)C)c2)ccc(F)c1F)=C(C)N. The molecule has 0 aromatic heterocycles. The van der Waals surface area contributed by atoms with Gasteiger partial charge in [0.15, 0.2) is 17.3 Å². The van der Waals surface area contributed by atoms with Crippen molar-refractivity contribution in [1.29, 1.82) is 5.41 Å². The second-order valence-electron chi connectivity index (χ2n) is 8.18. The lowest BCUT2D eigenvalue weighted by atomic mass is 9.98. The maximum atomic E-state index is 14.8. The smallest absolute Gasteiger partial charge is 0.201 e. The van der Waals surface area contributed by atoms with Crippen molar-refractivity contribution < 1.29 is 23.8 Å². The molecule has 0 aliphatic rings. The van der Waals surface area contributed by atoms with Gasteiger partial charge in [-0.1, -0.05) is 0 Å². The van der Waals surface area contributed by atoms with Crippen molar-refractivity contribution >= 4 is 17.1 Å². The van der Waals surface area contributed by atoms with Gasteiger partial charge in [0.25, 0.3) is 0 Å². The van der Waals surface area contributed by atoms with Gasteiger partial charge < -0.3 is 26.1 Å². The Morgan fingerprint density at radius 1 is 1.18 bits per heavy atom. The maximum Gasteiger partial charge on any atom is 0.201 e. The minimum absolute atomic E-state index is 0.125. The Morgan fingerprint density at radius 3 is 2.45 bits per heavy atom. The van der Waals surface area contributed by atoms with Crippen LogP contribution in [0.3, 0.4) is 0 Å². The average Bonchev–Trinajstić information content (AvgIpc) is 2.77. The Bertz CT molecular complexity index is 1070. The van der Waals surface area contributed by atoms with Gasteiger partial charge in [-0.2, -0.15) is 4.39 Å². The summed E-state index contributed by atoms with van der Waals surface area (Å²) >= 11 is 0. The van der Waals surface area contributed by atoms with Gasteiger partial charge in [-0.15, -0.1) is 0 Å². The van der Waals surface area contributed by atoms with Crippen LogP contribution in [0.25, 0.3) is 11.1 Å². The highest BCUT2D eigenvalue weighted by Crippen LogP contribution is 2.35. The molecule has 2 rings (SSSR count). The van der Waals surface area contributed by atoms with E-state index in [1.54, 1.807) is 14.0 Å². The average molecular weight is 460 g/mol. The number of rotatable bonds is 10. The van der Waals surface area contributed by atoms with E-state index in [1.807, 2.05) is 56.5 Å². The summed E-state index contributed by atoms with van der Waals surface area (Å²) in [4.78, 5) is 4.97. The van der Waals surface area contributed by atoms with Gasteiger partial charge in [-0.05, 0) is 50.8 Å². The van der Waals surface area contributed by atoms with E-state index in [4.69, 9.17) is 15.9 Å². The Morgan fingerprint density at radius 2 is 1.88 bits per heavy atom. The predicted molar refractivity (Wildman–Crippen MR) is 129 cm³/mol. The predicted octanol–water partition coefficient (Wildman–Crippen LogP) is 1.56. The summed E-state index contributed by atoms with van der Waals surface area (Å²) in [6.45, 7) is 4.28. The summed E-state index contributed by atoms with van der Waals surface area (Å²) in [6.07, 6.45) is 0.437. The third-order valence-electron chi connectivity index (χ3n) is 5.43. The Labute approximate surface area is 194 Å². The number of nitrogens with two attached hydrogens (primary N) is 2. The zero-order valence-corrected chi connectivity index (χ0v) is 20.3. The van der Waals surface area contributed by atoms with Gasteiger partial charge in [0.1, 0.15) is 12.7 Å². The quantitative estimate of drug-likeness (QED) is 0.321. The Kier molecular flexibility index (Phi) is 9.25. The number of allylic oxidation sites excluding steroid dienone is 1. The number of hydrogen-bond donors (Lipinski definition) is 4. The van der Waals surface area contributed by atoms with Crippen molar-refractivity contribution in [3.63, 3.8) is 0 Å². The molecule has 0 radical (unpaired) electrons. The monoisotopic (exact) mass is 459 g/mol. The molecular weight excluding hydrogens is 424 g/mol.